The van der Waals surface area contributed by atoms with Gasteiger partial charge < -0.3 is 24.4 Å². The molecule has 0 spiro atoms. The van der Waals surface area contributed by atoms with E-state index in [1.54, 1.807) is 36.4 Å². The highest BCUT2D eigenvalue weighted by molar-refractivity contribution is 5.95. The molecule has 2 aliphatic rings. The van der Waals surface area contributed by atoms with E-state index in [-0.39, 0.29) is 18.4 Å². The Morgan fingerprint density at radius 2 is 1.82 bits per heavy atom. The Kier molecular flexibility index (Phi) is 5.37. The lowest BCUT2D eigenvalue weighted by Crippen LogP contribution is -2.25. The molecular formula is C30H26N2O6. The summed E-state index contributed by atoms with van der Waals surface area (Å²) in [5.41, 5.74) is 1.06. The van der Waals surface area contributed by atoms with Crippen LogP contribution < -0.4 is 4.74 Å². The number of nitriles is 1. The Labute approximate surface area is 219 Å². The van der Waals surface area contributed by atoms with Gasteiger partial charge in [-0.3, -0.25) is 4.57 Å². The Morgan fingerprint density at radius 3 is 2.58 bits per heavy atom. The maximum atomic E-state index is 11.9. The molecule has 192 valence electrons. The van der Waals surface area contributed by atoms with Gasteiger partial charge >= 0.3 is 5.97 Å². The van der Waals surface area contributed by atoms with Gasteiger partial charge in [0.1, 0.15) is 11.4 Å². The first-order chi connectivity index (χ1) is 18.3. The molecule has 1 fully saturated rings. The number of carbonyl (C=O) groups excluding carboxylic acids is 1. The van der Waals surface area contributed by atoms with Crippen LogP contribution in [0.1, 0.15) is 53.2 Å². The number of carbonyl (C=O) groups is 1. The molecule has 2 bridgehead atoms. The van der Waals surface area contributed by atoms with E-state index in [0.717, 1.165) is 10.8 Å². The molecule has 6 rings (SSSR count). The van der Waals surface area contributed by atoms with Crippen LogP contribution in [-0.2, 0) is 20.7 Å². The van der Waals surface area contributed by atoms with Gasteiger partial charge in [0.25, 0.3) is 0 Å². The van der Waals surface area contributed by atoms with Gasteiger partial charge in [-0.2, -0.15) is 5.26 Å². The average molecular weight is 511 g/mol. The van der Waals surface area contributed by atoms with E-state index in [1.807, 2.05) is 31.2 Å². The maximum Gasteiger partial charge on any atom is 0.337 e. The first-order valence-corrected chi connectivity index (χ1v) is 12.4. The summed E-state index contributed by atoms with van der Waals surface area (Å²) in [6.07, 6.45) is 1.78. The summed E-state index contributed by atoms with van der Waals surface area (Å²) in [6.45, 7) is 2.20. The van der Waals surface area contributed by atoms with Crippen LogP contribution in [0.5, 0.6) is 17.5 Å². The van der Waals surface area contributed by atoms with Gasteiger partial charge in [-0.1, -0.05) is 30.3 Å². The highest BCUT2D eigenvalue weighted by atomic mass is 16.5. The van der Waals surface area contributed by atoms with Crippen molar-refractivity contribution in [2.45, 2.75) is 37.4 Å². The summed E-state index contributed by atoms with van der Waals surface area (Å²) in [4.78, 5) is 11.9. The highest BCUT2D eigenvalue weighted by Crippen LogP contribution is 2.65. The van der Waals surface area contributed by atoms with Crippen molar-refractivity contribution in [3.05, 3.63) is 82.9 Å². The molecule has 2 atom stereocenters. The Balaban J connectivity index is 1.37. The second kappa shape index (κ2) is 8.54. The van der Waals surface area contributed by atoms with Crippen molar-refractivity contribution in [1.82, 2.24) is 4.57 Å². The SMILES string of the molecule is COC(=O)c1cccc(OCC[C@@]23CC[C@@](C)(O2)c2c3c(O)n(-c3ccc(C#N)c4ccccc34)c2O)c1. The molecule has 2 aliphatic heterocycles. The predicted octanol–water partition coefficient (Wildman–Crippen LogP) is 5.40. The number of nitrogens with zero attached hydrogens (tertiary/aromatic N) is 2. The number of ether oxygens (including phenoxy) is 3. The average Bonchev–Trinajstić information content (AvgIpc) is 3.52. The molecule has 2 N–H and O–H groups in total. The third-order valence-electron chi connectivity index (χ3n) is 7.82. The molecule has 0 amide bonds. The van der Waals surface area contributed by atoms with Gasteiger partial charge in [0.2, 0.25) is 11.8 Å². The Bertz CT molecular complexity index is 1650. The number of methoxy groups -OCH3 is 1. The molecular weight excluding hydrogens is 484 g/mol. The number of fused-ring (bicyclic) bond motifs is 6. The molecule has 1 saturated heterocycles. The monoisotopic (exact) mass is 510 g/mol. The van der Waals surface area contributed by atoms with Crippen molar-refractivity contribution in [1.29, 1.82) is 5.26 Å². The first-order valence-electron chi connectivity index (χ1n) is 12.4. The number of hydrogen-bond acceptors (Lipinski definition) is 7. The van der Waals surface area contributed by atoms with Crippen molar-refractivity contribution in [3.8, 4) is 29.3 Å². The third kappa shape index (κ3) is 3.36. The van der Waals surface area contributed by atoms with E-state index in [4.69, 9.17) is 14.2 Å². The smallest absolute Gasteiger partial charge is 0.337 e. The predicted molar refractivity (Wildman–Crippen MR) is 139 cm³/mol. The zero-order chi connectivity index (χ0) is 26.7. The van der Waals surface area contributed by atoms with E-state index >= 15 is 0 Å². The zero-order valence-corrected chi connectivity index (χ0v) is 21.0. The van der Waals surface area contributed by atoms with Gasteiger partial charge in [-0.25, -0.2) is 4.79 Å². The van der Waals surface area contributed by atoms with E-state index < -0.39 is 17.2 Å². The minimum atomic E-state index is -0.834. The fourth-order valence-electron chi connectivity index (χ4n) is 6.08. The molecule has 0 unspecified atom stereocenters. The summed E-state index contributed by atoms with van der Waals surface area (Å²) in [5.74, 6) is -0.0648. The van der Waals surface area contributed by atoms with Crippen molar-refractivity contribution >= 4 is 16.7 Å². The minimum Gasteiger partial charge on any atom is -0.494 e. The summed E-state index contributed by atoms with van der Waals surface area (Å²) in [7, 11) is 1.33. The van der Waals surface area contributed by atoms with Crippen molar-refractivity contribution < 1.29 is 29.2 Å². The topological polar surface area (TPSA) is 114 Å². The van der Waals surface area contributed by atoms with Crippen LogP contribution in [0.15, 0.2) is 60.7 Å². The van der Waals surface area contributed by atoms with Crippen molar-refractivity contribution in [2.24, 2.45) is 0 Å². The van der Waals surface area contributed by atoms with E-state index in [2.05, 4.69) is 6.07 Å². The fraction of sp³-hybridized carbons (Fsp3) is 0.267. The summed E-state index contributed by atoms with van der Waals surface area (Å²) in [5, 5.41) is 34.1. The quantitative estimate of drug-likeness (QED) is 0.334. The maximum absolute atomic E-state index is 11.9. The van der Waals surface area contributed by atoms with E-state index in [9.17, 15) is 20.3 Å². The third-order valence-corrected chi connectivity index (χ3v) is 7.82. The number of hydrogen-bond donors (Lipinski definition) is 2. The van der Waals surface area contributed by atoms with Crippen molar-refractivity contribution in [3.63, 3.8) is 0 Å². The van der Waals surface area contributed by atoms with Crippen LogP contribution in [0.4, 0.5) is 0 Å². The number of aromatic nitrogens is 1. The van der Waals surface area contributed by atoms with E-state index in [0.29, 0.717) is 53.0 Å². The fourth-order valence-corrected chi connectivity index (χ4v) is 6.08. The standard InChI is InChI=1S/C30H26N2O6/c1-29-12-13-30(38-29,14-15-37-20-7-5-6-18(16-20)28(35)36-2)25-24(29)26(33)32(27(25)34)23-11-10-19(17-31)21-8-3-4-9-22(21)23/h3-11,16,33-34H,12-15H2,1-2H3/t29-,30-/m1/s1. The Hall–Kier alpha value is -4.48. The lowest BCUT2D eigenvalue weighted by molar-refractivity contribution is -0.0876. The van der Waals surface area contributed by atoms with Gasteiger partial charge in [-0.05, 0) is 50.1 Å². The van der Waals surface area contributed by atoms with Crippen LogP contribution in [0.2, 0.25) is 0 Å². The van der Waals surface area contributed by atoms with Gasteiger partial charge in [-0.15, -0.1) is 0 Å². The summed E-state index contributed by atoms with van der Waals surface area (Å²) >= 11 is 0. The van der Waals surface area contributed by atoms with Crippen LogP contribution in [-0.4, -0.2) is 34.5 Å². The van der Waals surface area contributed by atoms with Crippen LogP contribution in [0.3, 0.4) is 0 Å². The summed E-state index contributed by atoms with van der Waals surface area (Å²) < 4.78 is 18.7. The molecule has 0 aliphatic carbocycles. The minimum absolute atomic E-state index is 0.0665. The highest BCUT2D eigenvalue weighted by Gasteiger charge is 2.61. The second-order valence-corrected chi connectivity index (χ2v) is 9.97. The Morgan fingerprint density at radius 1 is 1.05 bits per heavy atom. The normalized spacial score (nSPS) is 21.3. The molecule has 8 nitrogen and oxygen atoms in total. The molecule has 38 heavy (non-hydrogen) atoms. The van der Waals surface area contributed by atoms with Crippen molar-refractivity contribution in [2.75, 3.05) is 13.7 Å². The van der Waals surface area contributed by atoms with Gasteiger partial charge in [0.15, 0.2) is 0 Å². The van der Waals surface area contributed by atoms with Crippen LogP contribution in [0, 0.1) is 11.3 Å². The number of rotatable bonds is 6. The van der Waals surface area contributed by atoms with Crippen LogP contribution in [0.25, 0.3) is 16.5 Å². The lowest BCUT2D eigenvalue weighted by atomic mass is 9.78. The van der Waals surface area contributed by atoms with E-state index in [1.165, 1.54) is 11.7 Å². The zero-order valence-electron chi connectivity index (χ0n) is 21.0. The first kappa shape index (κ1) is 23.9. The number of benzene rings is 3. The second-order valence-electron chi connectivity index (χ2n) is 9.97. The molecule has 3 heterocycles. The number of esters is 1. The molecule has 1 aromatic heterocycles. The van der Waals surface area contributed by atoms with Crippen LogP contribution >= 0.6 is 0 Å². The molecule has 8 heteroatoms. The van der Waals surface area contributed by atoms with Gasteiger partial charge in [0.05, 0.1) is 53.3 Å². The van der Waals surface area contributed by atoms with Gasteiger partial charge in [0, 0.05) is 17.2 Å². The lowest BCUT2D eigenvalue weighted by Gasteiger charge is -2.26. The largest absolute Gasteiger partial charge is 0.494 e. The molecule has 3 aromatic carbocycles. The molecule has 0 saturated carbocycles. The molecule has 0 radical (unpaired) electrons. The molecule has 4 aromatic rings. The number of aromatic hydroxyl groups is 2. The summed E-state index contributed by atoms with van der Waals surface area (Å²) in [6, 6.07) is 19.8.